The zero-order valence-corrected chi connectivity index (χ0v) is 24.0. The number of hydrogen-bond donors (Lipinski definition) is 2. The van der Waals surface area contributed by atoms with Crippen molar-refractivity contribution in [3.05, 3.63) is 81.6 Å². The van der Waals surface area contributed by atoms with Crippen LogP contribution in [0, 0.1) is 0 Å². The molecule has 1 atom stereocenters. The van der Waals surface area contributed by atoms with Crippen LogP contribution in [0.25, 0.3) is 0 Å². The first-order chi connectivity index (χ1) is 16.9. The zero-order valence-electron chi connectivity index (χ0n) is 24.0. The Bertz CT molecular complexity index is 1050. The zero-order chi connectivity index (χ0) is 27.2. The van der Waals surface area contributed by atoms with E-state index in [0.29, 0.717) is 5.09 Å². The van der Waals surface area contributed by atoms with Gasteiger partial charge in [-0.3, -0.25) is 0 Å². The molecule has 1 unspecified atom stereocenters. The molecule has 4 nitrogen and oxygen atoms in total. The van der Waals surface area contributed by atoms with Crippen molar-refractivity contribution in [3.8, 4) is 0 Å². The van der Waals surface area contributed by atoms with Gasteiger partial charge in [-0.15, -0.1) is 0 Å². The minimum absolute atomic E-state index is 0.0687. The maximum absolute atomic E-state index is 13.5. The number of hydrogen-bond acceptors (Lipinski definition) is 2. The predicted molar refractivity (Wildman–Crippen MR) is 152 cm³/mol. The molecule has 0 aliphatic carbocycles. The number of carbonyl (C=O) groups is 2. The summed E-state index contributed by atoms with van der Waals surface area (Å²) < 4.78 is 0. The Morgan fingerprint density at radius 3 is 1.39 bits per heavy atom. The Morgan fingerprint density at radius 2 is 1.06 bits per heavy atom. The van der Waals surface area contributed by atoms with Gasteiger partial charge in [0.05, 0.1) is 0 Å². The van der Waals surface area contributed by atoms with Crippen LogP contribution in [0.5, 0.6) is 0 Å². The average Bonchev–Trinajstić information content (AvgIpc) is 2.81. The summed E-state index contributed by atoms with van der Waals surface area (Å²) in [4.78, 5) is 26.9. The standard InChI is InChI=1S/C31H43N2O2.Li/c1-18(2)24-13-11-14-25(19(3)4)28(24)30(34)32-22(9)17-23(10)33-31(35)29-26(20(5)6)15-12-16-27(29)21(7)8;/h11-21,23H,9H2,1-8,10H3,(H,32,34)(H,33,35);. The molecule has 190 valence electrons. The van der Waals surface area contributed by atoms with Crippen molar-refractivity contribution in [1.29, 1.82) is 0 Å². The third kappa shape index (κ3) is 7.37. The van der Waals surface area contributed by atoms with Gasteiger partial charge in [-0.2, -0.15) is 0 Å². The van der Waals surface area contributed by atoms with Crippen LogP contribution in [0.2, 0.25) is 5.09 Å². The monoisotopic (exact) mass is 482 g/mol. The summed E-state index contributed by atoms with van der Waals surface area (Å²) in [5.41, 5.74) is 6.59. The summed E-state index contributed by atoms with van der Waals surface area (Å²) in [5.74, 6) is 0.831. The normalized spacial score (nSPS) is 13.0. The van der Waals surface area contributed by atoms with Crippen LogP contribution in [0.4, 0.5) is 0 Å². The fourth-order valence-corrected chi connectivity index (χ4v) is 4.71. The molecule has 0 aliphatic heterocycles. The first kappa shape index (κ1) is 29.9. The van der Waals surface area contributed by atoms with Gasteiger partial charge in [0.15, 0.2) is 0 Å². The molecular weight excluding hydrogens is 439 g/mol. The Labute approximate surface area is 227 Å². The van der Waals surface area contributed by atoms with Crippen LogP contribution < -0.4 is 10.6 Å². The van der Waals surface area contributed by atoms with E-state index in [-0.39, 0.29) is 41.5 Å². The number of amides is 2. The number of carbonyl (C=O) groups excluding carboxylic acids is 2. The van der Waals surface area contributed by atoms with Crippen molar-refractivity contribution in [2.24, 2.45) is 0 Å². The van der Waals surface area contributed by atoms with Crippen LogP contribution in [-0.4, -0.2) is 35.6 Å². The molecule has 0 fully saturated rings. The quantitative estimate of drug-likeness (QED) is 0.352. The van der Waals surface area contributed by atoms with Crippen molar-refractivity contribution in [2.45, 2.75) is 97.1 Å². The Morgan fingerprint density at radius 1 is 0.694 bits per heavy atom. The molecule has 2 amide bonds. The average molecular weight is 483 g/mol. The molecular formula is C31H43LiN2O2. The Kier molecular flexibility index (Phi) is 11.1. The number of rotatable bonds is 10. The van der Waals surface area contributed by atoms with Crippen LogP contribution in [0.3, 0.4) is 0 Å². The van der Waals surface area contributed by atoms with Gasteiger partial charge < -0.3 is 0 Å². The summed E-state index contributed by atoms with van der Waals surface area (Å²) >= 11 is 2.02. The summed E-state index contributed by atoms with van der Waals surface area (Å²) in [7, 11) is 0. The van der Waals surface area contributed by atoms with Crippen molar-refractivity contribution < 1.29 is 9.59 Å². The third-order valence-corrected chi connectivity index (χ3v) is 6.66. The van der Waals surface area contributed by atoms with E-state index >= 15 is 0 Å². The SMILES string of the molecule is [Li][CH2]C(=CC(C)NC(=O)c1c(C(C)C)cccc1C(C)C)NC(=O)c1c(C(C)C)cccc1C(C)C. The topological polar surface area (TPSA) is 58.2 Å². The van der Waals surface area contributed by atoms with Gasteiger partial charge >= 0.3 is 228 Å². The van der Waals surface area contributed by atoms with Gasteiger partial charge in [0.1, 0.15) is 0 Å². The Balaban J connectivity index is 2.32. The van der Waals surface area contributed by atoms with E-state index in [2.05, 4.69) is 66.0 Å². The van der Waals surface area contributed by atoms with Crippen LogP contribution in [-0.2, 0) is 0 Å². The van der Waals surface area contributed by atoms with Gasteiger partial charge in [0.2, 0.25) is 0 Å². The molecule has 0 aliphatic rings. The van der Waals surface area contributed by atoms with Crippen LogP contribution >= 0.6 is 0 Å². The van der Waals surface area contributed by atoms with Crippen LogP contribution in [0.1, 0.15) is 129 Å². The summed E-state index contributed by atoms with van der Waals surface area (Å²) in [6.45, 7) is 18.9. The summed E-state index contributed by atoms with van der Waals surface area (Å²) in [5, 5.41) is 6.96. The number of allylic oxidation sites excluding steroid dienone is 1. The van der Waals surface area contributed by atoms with Crippen LogP contribution in [0.15, 0.2) is 48.2 Å². The fourth-order valence-electron chi connectivity index (χ4n) is 4.71. The third-order valence-electron chi connectivity index (χ3n) is 6.66. The molecule has 36 heavy (non-hydrogen) atoms. The van der Waals surface area contributed by atoms with E-state index in [4.69, 9.17) is 0 Å². The van der Waals surface area contributed by atoms with Gasteiger partial charge in [-0.1, -0.05) is 0 Å². The number of nitrogens with one attached hydrogen (secondary N) is 2. The van der Waals surface area contributed by atoms with Crippen molar-refractivity contribution in [3.63, 3.8) is 0 Å². The summed E-state index contributed by atoms with van der Waals surface area (Å²) in [6.07, 6.45) is 1.95. The Hall–Kier alpha value is -2.28. The van der Waals surface area contributed by atoms with E-state index in [1.807, 2.05) is 67.1 Å². The second-order valence-corrected chi connectivity index (χ2v) is 11.0. The molecule has 0 bridgehead atoms. The minimum atomic E-state index is -0.238. The molecule has 0 saturated heterocycles. The van der Waals surface area contributed by atoms with E-state index in [0.717, 1.165) is 39.1 Å². The van der Waals surface area contributed by atoms with Gasteiger partial charge in [-0.25, -0.2) is 0 Å². The second kappa shape index (κ2) is 13.3. The molecule has 2 N–H and O–H groups in total. The molecule has 2 rings (SSSR count). The van der Waals surface area contributed by atoms with E-state index in [1.165, 1.54) is 0 Å². The van der Waals surface area contributed by atoms with Gasteiger partial charge in [-0.05, 0) is 0 Å². The predicted octanol–water partition coefficient (Wildman–Crippen LogP) is 7.20. The van der Waals surface area contributed by atoms with E-state index in [1.54, 1.807) is 0 Å². The fraction of sp³-hybridized carbons (Fsp3) is 0.484. The second-order valence-electron chi connectivity index (χ2n) is 11.0. The van der Waals surface area contributed by atoms with Crippen molar-refractivity contribution >= 4 is 29.5 Å². The molecule has 0 radical (unpaired) electrons. The van der Waals surface area contributed by atoms with Gasteiger partial charge in [0, 0.05) is 0 Å². The molecule has 2 aromatic carbocycles. The first-order valence-corrected chi connectivity index (χ1v) is 13.5. The van der Waals surface area contributed by atoms with Crippen molar-refractivity contribution in [2.75, 3.05) is 0 Å². The summed E-state index contributed by atoms with van der Waals surface area (Å²) in [6, 6.07) is 12.0. The van der Waals surface area contributed by atoms with E-state index < -0.39 is 0 Å². The molecule has 0 aromatic heterocycles. The molecule has 0 spiro atoms. The number of benzene rings is 2. The molecule has 5 heteroatoms. The van der Waals surface area contributed by atoms with Crippen molar-refractivity contribution in [1.82, 2.24) is 10.6 Å². The van der Waals surface area contributed by atoms with E-state index in [9.17, 15) is 9.59 Å². The molecule has 0 saturated carbocycles. The van der Waals surface area contributed by atoms with Gasteiger partial charge in [0.25, 0.3) is 0 Å². The molecule has 0 heterocycles. The maximum atomic E-state index is 13.5. The molecule has 2 aromatic rings. The first-order valence-electron chi connectivity index (χ1n) is 13.5.